The lowest BCUT2D eigenvalue weighted by Gasteiger charge is -2.15. The van der Waals surface area contributed by atoms with Crippen LogP contribution >= 0.6 is 35.0 Å². The number of halogens is 2. The summed E-state index contributed by atoms with van der Waals surface area (Å²) in [7, 11) is 1.66. The third-order valence-electron chi connectivity index (χ3n) is 4.35. The molecular formula is C22H22Cl2N2O2S. The van der Waals surface area contributed by atoms with E-state index in [1.165, 1.54) is 11.8 Å². The predicted molar refractivity (Wildman–Crippen MR) is 123 cm³/mol. The Kier molecular flexibility index (Phi) is 8.19. The molecule has 1 aliphatic heterocycles. The van der Waals surface area contributed by atoms with Crippen molar-refractivity contribution in [1.29, 1.82) is 0 Å². The van der Waals surface area contributed by atoms with Crippen LogP contribution in [-0.2, 0) is 16.0 Å². The highest BCUT2D eigenvalue weighted by molar-refractivity contribution is 8.18. The quantitative estimate of drug-likeness (QED) is 0.392. The molecule has 0 radical (unpaired) electrons. The second-order valence-corrected chi connectivity index (χ2v) is 8.39. The molecule has 2 aromatic rings. The number of thioether (sulfide) groups is 1. The Hall–Kier alpha value is -1.79. The SMILES string of the molecule is COCCCN1C(=O)C(=Cc2ccc(Cl)cc2)SC1=NCCc1ccc(Cl)cc1. The molecule has 2 aromatic carbocycles. The summed E-state index contributed by atoms with van der Waals surface area (Å²) < 4.78 is 5.13. The van der Waals surface area contributed by atoms with Crippen LogP contribution < -0.4 is 0 Å². The normalized spacial score (nSPS) is 16.9. The van der Waals surface area contributed by atoms with Crippen molar-refractivity contribution in [1.82, 2.24) is 4.90 Å². The van der Waals surface area contributed by atoms with Crippen molar-refractivity contribution in [3.8, 4) is 0 Å². The zero-order valence-electron chi connectivity index (χ0n) is 16.1. The number of aliphatic imine (C=N–C) groups is 1. The minimum absolute atomic E-state index is 0.0219. The van der Waals surface area contributed by atoms with Crippen LogP contribution in [0.3, 0.4) is 0 Å². The molecule has 1 heterocycles. The fourth-order valence-electron chi connectivity index (χ4n) is 2.83. The molecule has 1 amide bonds. The van der Waals surface area contributed by atoms with Crippen molar-refractivity contribution >= 4 is 52.1 Å². The molecule has 0 unspecified atom stereocenters. The van der Waals surface area contributed by atoms with Gasteiger partial charge in [0.1, 0.15) is 0 Å². The highest BCUT2D eigenvalue weighted by atomic mass is 35.5. The summed E-state index contributed by atoms with van der Waals surface area (Å²) >= 11 is 13.3. The number of hydrogen-bond acceptors (Lipinski definition) is 4. The van der Waals surface area contributed by atoms with E-state index in [2.05, 4.69) is 0 Å². The van der Waals surface area contributed by atoms with Crippen LogP contribution in [0.4, 0.5) is 0 Å². The molecule has 0 aromatic heterocycles. The maximum atomic E-state index is 12.9. The van der Waals surface area contributed by atoms with Gasteiger partial charge in [-0.15, -0.1) is 0 Å². The van der Waals surface area contributed by atoms with Crippen molar-refractivity contribution < 1.29 is 9.53 Å². The number of carbonyl (C=O) groups is 1. The number of amidine groups is 1. The molecule has 1 saturated heterocycles. The van der Waals surface area contributed by atoms with Crippen molar-refractivity contribution in [3.63, 3.8) is 0 Å². The van der Waals surface area contributed by atoms with Gasteiger partial charge in [-0.05, 0) is 66.1 Å². The lowest BCUT2D eigenvalue weighted by molar-refractivity contribution is -0.122. The average molecular weight is 449 g/mol. The zero-order chi connectivity index (χ0) is 20.6. The number of carbonyl (C=O) groups excluding carboxylic acids is 1. The Bertz CT molecular complexity index is 896. The standard InChI is InChI=1S/C22H22Cl2N2O2S/c1-28-14-2-13-26-21(27)20(15-17-5-9-19(24)10-6-17)29-22(26)25-12-11-16-3-7-18(23)8-4-16/h3-10,15H,2,11-14H2,1H3. The molecule has 0 saturated carbocycles. The molecule has 3 rings (SSSR count). The summed E-state index contributed by atoms with van der Waals surface area (Å²) in [6, 6.07) is 15.2. The third kappa shape index (κ3) is 6.34. The van der Waals surface area contributed by atoms with Gasteiger partial charge in [-0.25, -0.2) is 0 Å². The molecule has 7 heteroatoms. The first-order valence-electron chi connectivity index (χ1n) is 9.31. The van der Waals surface area contributed by atoms with Crippen LogP contribution in [0.5, 0.6) is 0 Å². The molecule has 1 aliphatic rings. The second-order valence-electron chi connectivity index (χ2n) is 6.51. The smallest absolute Gasteiger partial charge is 0.266 e. The highest BCUT2D eigenvalue weighted by Gasteiger charge is 2.32. The van der Waals surface area contributed by atoms with Gasteiger partial charge in [0.15, 0.2) is 5.17 Å². The molecular weight excluding hydrogens is 427 g/mol. The summed E-state index contributed by atoms with van der Waals surface area (Å²) in [6.45, 7) is 1.78. The highest BCUT2D eigenvalue weighted by Crippen LogP contribution is 2.33. The van der Waals surface area contributed by atoms with E-state index in [1.54, 1.807) is 12.0 Å². The molecule has 4 nitrogen and oxygen atoms in total. The topological polar surface area (TPSA) is 41.9 Å². The second kappa shape index (κ2) is 10.8. The van der Waals surface area contributed by atoms with Gasteiger partial charge in [0.05, 0.1) is 4.91 Å². The maximum Gasteiger partial charge on any atom is 0.266 e. The van der Waals surface area contributed by atoms with Crippen LogP contribution in [0.1, 0.15) is 17.5 Å². The molecule has 0 spiro atoms. The van der Waals surface area contributed by atoms with Gasteiger partial charge in [-0.3, -0.25) is 14.7 Å². The number of benzene rings is 2. The molecule has 0 aliphatic carbocycles. The Morgan fingerprint density at radius 1 is 1.07 bits per heavy atom. The Labute approximate surface area is 185 Å². The van der Waals surface area contributed by atoms with Gasteiger partial charge < -0.3 is 4.74 Å². The van der Waals surface area contributed by atoms with Gasteiger partial charge in [0.2, 0.25) is 0 Å². The van der Waals surface area contributed by atoms with Gasteiger partial charge in [-0.1, -0.05) is 47.5 Å². The van der Waals surface area contributed by atoms with Crippen molar-refractivity contribution in [2.75, 3.05) is 26.8 Å². The lowest BCUT2D eigenvalue weighted by atomic mass is 10.1. The first-order chi connectivity index (χ1) is 14.1. The van der Waals surface area contributed by atoms with Gasteiger partial charge in [0, 0.05) is 36.9 Å². The van der Waals surface area contributed by atoms with E-state index in [9.17, 15) is 4.79 Å². The third-order valence-corrected chi connectivity index (χ3v) is 5.90. The zero-order valence-corrected chi connectivity index (χ0v) is 18.4. The average Bonchev–Trinajstić information content (AvgIpc) is 3.00. The lowest BCUT2D eigenvalue weighted by Crippen LogP contribution is -2.31. The summed E-state index contributed by atoms with van der Waals surface area (Å²) in [5, 5.41) is 2.13. The number of ether oxygens (including phenoxy) is 1. The first-order valence-corrected chi connectivity index (χ1v) is 10.9. The van der Waals surface area contributed by atoms with E-state index in [-0.39, 0.29) is 5.91 Å². The van der Waals surface area contributed by atoms with Gasteiger partial charge >= 0.3 is 0 Å². The van der Waals surface area contributed by atoms with E-state index >= 15 is 0 Å². The molecule has 0 bridgehead atoms. The molecule has 1 fully saturated rings. The minimum atomic E-state index is -0.0219. The minimum Gasteiger partial charge on any atom is -0.385 e. The van der Waals surface area contributed by atoms with Crippen molar-refractivity contribution in [2.45, 2.75) is 12.8 Å². The van der Waals surface area contributed by atoms with Crippen LogP contribution in [-0.4, -0.2) is 42.8 Å². The summed E-state index contributed by atoms with van der Waals surface area (Å²) in [5.74, 6) is -0.0219. The van der Waals surface area contributed by atoms with Crippen LogP contribution in [0, 0.1) is 0 Å². The van der Waals surface area contributed by atoms with E-state index in [4.69, 9.17) is 32.9 Å². The molecule has 0 N–H and O–H groups in total. The summed E-state index contributed by atoms with van der Waals surface area (Å²) in [6.07, 6.45) is 3.43. The van der Waals surface area contributed by atoms with E-state index in [0.717, 1.165) is 34.2 Å². The van der Waals surface area contributed by atoms with Crippen LogP contribution in [0.2, 0.25) is 10.0 Å². The summed E-state index contributed by atoms with van der Waals surface area (Å²) in [4.78, 5) is 20.0. The van der Waals surface area contributed by atoms with Crippen molar-refractivity contribution in [3.05, 3.63) is 74.6 Å². The fraction of sp³-hybridized carbons (Fsp3) is 0.273. The monoisotopic (exact) mass is 448 g/mol. The largest absolute Gasteiger partial charge is 0.385 e. The predicted octanol–water partition coefficient (Wildman–Crippen LogP) is 5.54. The van der Waals surface area contributed by atoms with E-state index in [0.29, 0.717) is 29.6 Å². The summed E-state index contributed by atoms with van der Waals surface area (Å²) in [5.41, 5.74) is 2.10. The van der Waals surface area contributed by atoms with E-state index < -0.39 is 0 Å². The number of rotatable bonds is 8. The molecule has 0 atom stereocenters. The maximum absolute atomic E-state index is 12.9. The van der Waals surface area contributed by atoms with Crippen molar-refractivity contribution in [2.24, 2.45) is 4.99 Å². The number of nitrogens with zero attached hydrogens (tertiary/aromatic N) is 2. The van der Waals surface area contributed by atoms with Crippen LogP contribution in [0.25, 0.3) is 6.08 Å². The fourth-order valence-corrected chi connectivity index (χ4v) is 4.11. The molecule has 152 valence electrons. The Morgan fingerprint density at radius 2 is 1.72 bits per heavy atom. The Balaban J connectivity index is 1.73. The first kappa shape index (κ1) is 21.9. The molecule has 29 heavy (non-hydrogen) atoms. The van der Waals surface area contributed by atoms with Gasteiger partial charge in [-0.2, -0.15) is 0 Å². The van der Waals surface area contributed by atoms with E-state index in [1.807, 2.05) is 54.6 Å². The Morgan fingerprint density at radius 3 is 2.38 bits per heavy atom. The number of hydrogen-bond donors (Lipinski definition) is 0. The van der Waals surface area contributed by atoms with Gasteiger partial charge in [0.25, 0.3) is 5.91 Å². The van der Waals surface area contributed by atoms with Crippen LogP contribution in [0.15, 0.2) is 58.4 Å². The number of methoxy groups -OCH3 is 1. The number of amides is 1.